The average Bonchev–Trinajstić information content (AvgIpc) is 2.39. The van der Waals surface area contributed by atoms with Crippen LogP contribution in [0, 0.1) is 11.8 Å². The molecule has 1 aromatic heterocycles. The molecule has 1 fully saturated rings. The maximum Gasteiger partial charge on any atom is 0.0573 e. The molecular weight excluding hydrogens is 210 g/mol. The van der Waals surface area contributed by atoms with Crippen molar-refractivity contribution in [3.05, 3.63) is 18.5 Å². The van der Waals surface area contributed by atoms with Gasteiger partial charge in [0.25, 0.3) is 0 Å². The predicted molar refractivity (Wildman–Crippen MR) is 73.6 cm³/mol. The molecule has 0 radical (unpaired) electrons. The van der Waals surface area contributed by atoms with Crippen molar-refractivity contribution in [2.45, 2.75) is 26.7 Å². The van der Waals surface area contributed by atoms with E-state index in [9.17, 15) is 0 Å². The summed E-state index contributed by atoms with van der Waals surface area (Å²) in [5, 5.41) is 3.14. The van der Waals surface area contributed by atoms with Gasteiger partial charge in [-0.3, -0.25) is 4.98 Å². The molecule has 0 aliphatic carbocycles. The lowest BCUT2D eigenvalue weighted by Crippen LogP contribution is -2.35. The van der Waals surface area contributed by atoms with Crippen LogP contribution in [0.15, 0.2) is 18.5 Å². The minimum atomic E-state index is 0.818. The molecule has 0 saturated carbocycles. The Balaban J connectivity index is 2.00. The lowest BCUT2D eigenvalue weighted by Gasteiger charge is -2.35. The molecule has 0 unspecified atom stereocenters. The number of hydrogen-bond donors (Lipinski definition) is 1. The lowest BCUT2D eigenvalue weighted by atomic mass is 9.86. The van der Waals surface area contributed by atoms with Crippen LogP contribution >= 0.6 is 0 Å². The van der Waals surface area contributed by atoms with Crippen LogP contribution in [0.2, 0.25) is 0 Å². The van der Waals surface area contributed by atoms with Gasteiger partial charge >= 0.3 is 0 Å². The summed E-state index contributed by atoms with van der Waals surface area (Å²) in [7, 11) is 1.94. The Morgan fingerprint density at radius 1 is 1.29 bits per heavy atom. The fourth-order valence-electron chi connectivity index (χ4n) is 2.56. The summed E-state index contributed by atoms with van der Waals surface area (Å²) in [6, 6.07) is 2.18. The van der Waals surface area contributed by atoms with E-state index in [4.69, 9.17) is 0 Å². The van der Waals surface area contributed by atoms with Gasteiger partial charge in [0.15, 0.2) is 0 Å². The van der Waals surface area contributed by atoms with Gasteiger partial charge in [0.1, 0.15) is 0 Å². The SMILES string of the molecule is CNc1cncc(N2CCC(C(C)C)CC2)c1. The maximum absolute atomic E-state index is 4.28. The van der Waals surface area contributed by atoms with Crippen molar-refractivity contribution in [2.75, 3.05) is 30.4 Å². The van der Waals surface area contributed by atoms with E-state index in [0.717, 1.165) is 30.6 Å². The zero-order valence-corrected chi connectivity index (χ0v) is 11.1. The molecule has 3 heteroatoms. The van der Waals surface area contributed by atoms with Crippen molar-refractivity contribution in [3.63, 3.8) is 0 Å². The van der Waals surface area contributed by atoms with Crippen LogP contribution < -0.4 is 10.2 Å². The Labute approximate surface area is 104 Å². The van der Waals surface area contributed by atoms with E-state index in [1.54, 1.807) is 0 Å². The largest absolute Gasteiger partial charge is 0.387 e. The molecule has 0 amide bonds. The molecule has 1 aromatic rings. The Kier molecular flexibility index (Phi) is 3.87. The number of hydrogen-bond acceptors (Lipinski definition) is 3. The van der Waals surface area contributed by atoms with Crippen molar-refractivity contribution < 1.29 is 0 Å². The Morgan fingerprint density at radius 3 is 2.59 bits per heavy atom. The summed E-state index contributed by atoms with van der Waals surface area (Å²) in [5.74, 6) is 1.71. The number of anilines is 2. The first-order valence-corrected chi connectivity index (χ1v) is 6.58. The minimum Gasteiger partial charge on any atom is -0.387 e. The quantitative estimate of drug-likeness (QED) is 0.870. The van der Waals surface area contributed by atoms with E-state index < -0.39 is 0 Å². The van der Waals surface area contributed by atoms with Crippen LogP contribution in [0.4, 0.5) is 11.4 Å². The van der Waals surface area contributed by atoms with E-state index in [1.807, 2.05) is 19.4 Å². The number of aromatic nitrogens is 1. The zero-order chi connectivity index (χ0) is 12.3. The van der Waals surface area contributed by atoms with Crippen molar-refractivity contribution >= 4 is 11.4 Å². The third-order valence-electron chi connectivity index (χ3n) is 3.86. The summed E-state index contributed by atoms with van der Waals surface area (Å²) >= 11 is 0. The van der Waals surface area contributed by atoms with Crippen LogP contribution in [0.25, 0.3) is 0 Å². The smallest absolute Gasteiger partial charge is 0.0573 e. The molecule has 17 heavy (non-hydrogen) atoms. The fourth-order valence-corrected chi connectivity index (χ4v) is 2.56. The summed E-state index contributed by atoms with van der Waals surface area (Å²) in [6.45, 7) is 7.00. The normalized spacial score (nSPS) is 17.5. The van der Waals surface area contributed by atoms with Gasteiger partial charge in [-0.05, 0) is 30.7 Å². The van der Waals surface area contributed by atoms with E-state index in [-0.39, 0.29) is 0 Å². The highest BCUT2D eigenvalue weighted by molar-refractivity contribution is 5.55. The van der Waals surface area contributed by atoms with E-state index in [1.165, 1.54) is 18.5 Å². The standard InChI is InChI=1S/C14H23N3/c1-11(2)12-4-6-17(7-5-12)14-8-13(15-3)9-16-10-14/h8-12,15H,4-7H2,1-3H3. The van der Waals surface area contributed by atoms with Gasteiger partial charge in [0.05, 0.1) is 23.8 Å². The molecule has 94 valence electrons. The van der Waals surface area contributed by atoms with Gasteiger partial charge < -0.3 is 10.2 Å². The lowest BCUT2D eigenvalue weighted by molar-refractivity contribution is 0.311. The zero-order valence-electron chi connectivity index (χ0n) is 11.1. The maximum atomic E-state index is 4.28. The van der Waals surface area contributed by atoms with Gasteiger partial charge in [-0.2, -0.15) is 0 Å². The summed E-state index contributed by atoms with van der Waals surface area (Å²) < 4.78 is 0. The molecule has 1 aliphatic heterocycles. The molecule has 0 aromatic carbocycles. The molecule has 3 nitrogen and oxygen atoms in total. The van der Waals surface area contributed by atoms with Crippen LogP contribution in [0.3, 0.4) is 0 Å². The molecule has 0 bridgehead atoms. The molecule has 0 atom stereocenters. The molecular formula is C14H23N3. The summed E-state index contributed by atoms with van der Waals surface area (Å²) in [4.78, 5) is 6.73. The average molecular weight is 233 g/mol. The first-order valence-electron chi connectivity index (χ1n) is 6.58. The molecule has 2 rings (SSSR count). The summed E-state index contributed by atoms with van der Waals surface area (Å²) in [6.07, 6.45) is 6.45. The second kappa shape index (κ2) is 5.39. The Hall–Kier alpha value is -1.25. The highest BCUT2D eigenvalue weighted by Crippen LogP contribution is 2.28. The molecule has 1 aliphatic rings. The van der Waals surface area contributed by atoms with E-state index in [0.29, 0.717) is 0 Å². The first kappa shape index (κ1) is 12.2. The monoisotopic (exact) mass is 233 g/mol. The minimum absolute atomic E-state index is 0.818. The van der Waals surface area contributed by atoms with E-state index in [2.05, 4.69) is 35.1 Å². The van der Waals surface area contributed by atoms with Crippen molar-refractivity contribution in [1.29, 1.82) is 0 Å². The number of nitrogens with one attached hydrogen (secondary N) is 1. The van der Waals surface area contributed by atoms with Gasteiger partial charge in [-0.1, -0.05) is 13.8 Å². The fraction of sp³-hybridized carbons (Fsp3) is 0.643. The summed E-state index contributed by atoms with van der Waals surface area (Å²) in [5.41, 5.74) is 2.34. The molecule has 0 spiro atoms. The third kappa shape index (κ3) is 2.90. The van der Waals surface area contributed by atoms with E-state index >= 15 is 0 Å². The topological polar surface area (TPSA) is 28.2 Å². The number of pyridine rings is 1. The Bertz CT molecular complexity index is 354. The van der Waals surface area contributed by atoms with Crippen LogP contribution in [-0.4, -0.2) is 25.1 Å². The van der Waals surface area contributed by atoms with Crippen LogP contribution in [0.5, 0.6) is 0 Å². The van der Waals surface area contributed by atoms with Gasteiger partial charge in [0.2, 0.25) is 0 Å². The third-order valence-corrected chi connectivity index (χ3v) is 3.86. The molecule has 2 heterocycles. The van der Waals surface area contributed by atoms with Crippen LogP contribution in [0.1, 0.15) is 26.7 Å². The predicted octanol–water partition coefficient (Wildman–Crippen LogP) is 3.00. The van der Waals surface area contributed by atoms with Crippen LogP contribution in [-0.2, 0) is 0 Å². The van der Waals surface area contributed by atoms with Gasteiger partial charge in [0, 0.05) is 20.1 Å². The van der Waals surface area contributed by atoms with Gasteiger partial charge in [-0.15, -0.1) is 0 Å². The van der Waals surface area contributed by atoms with Crippen molar-refractivity contribution in [1.82, 2.24) is 4.98 Å². The second-order valence-corrected chi connectivity index (χ2v) is 5.25. The molecule has 1 saturated heterocycles. The number of rotatable bonds is 3. The van der Waals surface area contributed by atoms with Crippen molar-refractivity contribution in [3.8, 4) is 0 Å². The number of piperidine rings is 1. The first-order chi connectivity index (χ1) is 8.20. The van der Waals surface area contributed by atoms with Gasteiger partial charge in [-0.25, -0.2) is 0 Å². The Morgan fingerprint density at radius 2 is 2.00 bits per heavy atom. The van der Waals surface area contributed by atoms with Crippen molar-refractivity contribution in [2.24, 2.45) is 11.8 Å². The highest BCUT2D eigenvalue weighted by atomic mass is 15.1. The second-order valence-electron chi connectivity index (χ2n) is 5.25. The molecule has 1 N–H and O–H groups in total. The highest BCUT2D eigenvalue weighted by Gasteiger charge is 2.21. The number of nitrogens with zero attached hydrogens (tertiary/aromatic N) is 2.